The van der Waals surface area contributed by atoms with Gasteiger partial charge in [-0.2, -0.15) is 0 Å². The summed E-state index contributed by atoms with van der Waals surface area (Å²) in [5, 5.41) is 0.439. The second kappa shape index (κ2) is 9.05. The first kappa shape index (κ1) is 21.0. The summed E-state index contributed by atoms with van der Waals surface area (Å²) >= 11 is 11.7. The molecule has 2 amide bonds. The molecule has 0 heterocycles. The van der Waals surface area contributed by atoms with Gasteiger partial charge in [0.05, 0.1) is 29.1 Å². The van der Waals surface area contributed by atoms with Crippen molar-refractivity contribution in [2.24, 2.45) is 0 Å². The van der Waals surface area contributed by atoms with Gasteiger partial charge in [-0.05, 0) is 42.5 Å². The van der Waals surface area contributed by atoms with Gasteiger partial charge in [0.25, 0.3) is 11.8 Å². The predicted octanol–water partition coefficient (Wildman–Crippen LogP) is 1.74. The lowest BCUT2D eigenvalue weighted by molar-refractivity contribution is -0.120. The highest BCUT2D eigenvalue weighted by atomic mass is 35.5. The molecule has 144 valence electrons. The molecule has 0 radical (unpaired) electrons. The zero-order valence-corrected chi connectivity index (χ0v) is 16.3. The number of sulfonamides is 1. The molecule has 0 aliphatic rings. The molecule has 0 aromatic heterocycles. The molecule has 0 saturated carbocycles. The number of methoxy groups -OCH3 is 1. The number of nitrogens with one attached hydrogen (secondary N) is 3. The Labute approximate surface area is 165 Å². The molecule has 11 heteroatoms. The molecule has 8 nitrogen and oxygen atoms in total. The molecule has 3 N–H and O–H groups in total. The number of carbonyl (C=O) groups excluding carboxylic acids is 2. The van der Waals surface area contributed by atoms with E-state index in [-0.39, 0.29) is 15.5 Å². The Balaban J connectivity index is 1.89. The van der Waals surface area contributed by atoms with Gasteiger partial charge in [0, 0.05) is 5.02 Å². The van der Waals surface area contributed by atoms with Gasteiger partial charge >= 0.3 is 0 Å². The van der Waals surface area contributed by atoms with E-state index >= 15 is 0 Å². The molecule has 2 rings (SSSR count). The summed E-state index contributed by atoms with van der Waals surface area (Å²) in [5.41, 5.74) is 4.27. The van der Waals surface area contributed by atoms with Crippen LogP contribution in [0.1, 0.15) is 10.4 Å². The van der Waals surface area contributed by atoms with Gasteiger partial charge in [-0.3, -0.25) is 20.4 Å². The van der Waals surface area contributed by atoms with Gasteiger partial charge in [0.1, 0.15) is 5.75 Å². The van der Waals surface area contributed by atoms with E-state index in [1.54, 1.807) is 0 Å². The number of rotatable bonds is 6. The van der Waals surface area contributed by atoms with E-state index in [4.69, 9.17) is 27.9 Å². The van der Waals surface area contributed by atoms with Gasteiger partial charge in [-0.15, -0.1) is 0 Å². The van der Waals surface area contributed by atoms with E-state index < -0.39 is 28.4 Å². The number of hydrogen-bond acceptors (Lipinski definition) is 5. The van der Waals surface area contributed by atoms with Gasteiger partial charge < -0.3 is 4.74 Å². The molecule has 2 aromatic carbocycles. The van der Waals surface area contributed by atoms with Crippen LogP contribution in [0, 0.1) is 0 Å². The van der Waals surface area contributed by atoms with E-state index in [9.17, 15) is 18.0 Å². The van der Waals surface area contributed by atoms with Crippen molar-refractivity contribution in [3.8, 4) is 5.75 Å². The molecule has 0 spiro atoms. The van der Waals surface area contributed by atoms with Gasteiger partial charge in [-0.25, -0.2) is 13.1 Å². The maximum Gasteiger partial charge on any atom is 0.271 e. The highest BCUT2D eigenvalue weighted by Crippen LogP contribution is 2.20. The van der Waals surface area contributed by atoms with Crippen molar-refractivity contribution in [1.82, 2.24) is 15.6 Å². The average molecular weight is 432 g/mol. The van der Waals surface area contributed by atoms with Crippen molar-refractivity contribution >= 4 is 45.0 Å². The van der Waals surface area contributed by atoms with Crippen LogP contribution in [0.5, 0.6) is 5.75 Å². The van der Waals surface area contributed by atoms with E-state index in [1.807, 2.05) is 0 Å². The Morgan fingerprint density at radius 2 is 1.70 bits per heavy atom. The lowest BCUT2D eigenvalue weighted by Crippen LogP contribution is -2.46. The fraction of sp³-hybridized carbons (Fsp3) is 0.125. The molecule has 0 atom stereocenters. The smallest absolute Gasteiger partial charge is 0.271 e. The molecule has 27 heavy (non-hydrogen) atoms. The third kappa shape index (κ3) is 5.83. The summed E-state index contributed by atoms with van der Waals surface area (Å²) in [6.07, 6.45) is 0. The lowest BCUT2D eigenvalue weighted by atomic mass is 10.2. The van der Waals surface area contributed by atoms with Crippen LogP contribution in [0.4, 0.5) is 0 Å². The van der Waals surface area contributed by atoms with Crippen LogP contribution < -0.4 is 20.3 Å². The van der Waals surface area contributed by atoms with Crippen molar-refractivity contribution in [2.45, 2.75) is 4.90 Å². The highest BCUT2D eigenvalue weighted by molar-refractivity contribution is 7.89. The van der Waals surface area contributed by atoms with Gasteiger partial charge in [0.15, 0.2) is 0 Å². The molecule has 0 aliphatic carbocycles. The summed E-state index contributed by atoms with van der Waals surface area (Å²) in [6.45, 7) is -0.585. The standard InChI is InChI=1S/C16H15Cl2N3O5S/c1-26-11-3-5-12(6-4-11)27(24,25)19-9-15(22)20-21-16(23)13-8-10(17)2-7-14(13)18/h2-8,19H,9H2,1H3,(H,20,22)(H,21,23). The second-order valence-electron chi connectivity index (χ2n) is 5.13. The minimum absolute atomic E-state index is 0.0363. The molecule has 0 bridgehead atoms. The number of hydrogen-bond donors (Lipinski definition) is 3. The van der Waals surface area contributed by atoms with Crippen molar-refractivity contribution in [3.63, 3.8) is 0 Å². The van der Waals surface area contributed by atoms with Gasteiger partial charge in [-0.1, -0.05) is 23.2 Å². The maximum absolute atomic E-state index is 12.1. The Morgan fingerprint density at radius 3 is 2.33 bits per heavy atom. The first-order valence-corrected chi connectivity index (χ1v) is 9.65. The van der Waals surface area contributed by atoms with Crippen LogP contribution in [0.2, 0.25) is 10.0 Å². The first-order valence-electron chi connectivity index (χ1n) is 7.41. The van der Waals surface area contributed by atoms with Crippen LogP contribution in [-0.2, 0) is 14.8 Å². The molecule has 0 saturated heterocycles. The topological polar surface area (TPSA) is 114 Å². The molecular formula is C16H15Cl2N3O5S. The Kier molecular flexibility index (Phi) is 7.03. The van der Waals surface area contributed by atoms with E-state index in [0.29, 0.717) is 10.8 Å². The summed E-state index contributed by atoms with van der Waals surface area (Å²) in [6, 6.07) is 9.89. The maximum atomic E-state index is 12.1. The quantitative estimate of drug-likeness (QED) is 0.602. The Morgan fingerprint density at radius 1 is 1.04 bits per heavy atom. The van der Waals surface area contributed by atoms with Crippen LogP contribution in [0.15, 0.2) is 47.4 Å². The van der Waals surface area contributed by atoms with Crippen molar-refractivity contribution in [2.75, 3.05) is 13.7 Å². The highest BCUT2D eigenvalue weighted by Gasteiger charge is 2.16. The fourth-order valence-electron chi connectivity index (χ4n) is 1.91. The normalized spacial score (nSPS) is 10.9. The van der Waals surface area contributed by atoms with Crippen molar-refractivity contribution in [1.29, 1.82) is 0 Å². The van der Waals surface area contributed by atoms with E-state index in [0.717, 1.165) is 0 Å². The summed E-state index contributed by atoms with van der Waals surface area (Å²) in [7, 11) is -2.45. The number of amides is 2. The molecule has 0 aliphatic heterocycles. The van der Waals surface area contributed by atoms with Crippen molar-refractivity contribution in [3.05, 3.63) is 58.1 Å². The van der Waals surface area contributed by atoms with Crippen LogP contribution in [0.3, 0.4) is 0 Å². The third-order valence-corrected chi connectivity index (χ3v) is 5.26. The lowest BCUT2D eigenvalue weighted by Gasteiger charge is -2.10. The molecule has 0 unspecified atom stereocenters. The number of halogens is 2. The van der Waals surface area contributed by atoms with Gasteiger partial charge in [0.2, 0.25) is 10.0 Å². The number of benzene rings is 2. The number of carbonyl (C=O) groups is 2. The monoisotopic (exact) mass is 431 g/mol. The van der Waals surface area contributed by atoms with Crippen LogP contribution in [-0.4, -0.2) is 33.9 Å². The van der Waals surface area contributed by atoms with Crippen LogP contribution in [0.25, 0.3) is 0 Å². The zero-order valence-electron chi connectivity index (χ0n) is 14.0. The minimum atomic E-state index is -3.90. The number of hydrazine groups is 1. The largest absolute Gasteiger partial charge is 0.497 e. The van der Waals surface area contributed by atoms with E-state index in [1.165, 1.54) is 49.6 Å². The third-order valence-electron chi connectivity index (χ3n) is 3.28. The zero-order chi connectivity index (χ0) is 20.0. The minimum Gasteiger partial charge on any atom is -0.497 e. The summed E-state index contributed by atoms with van der Waals surface area (Å²) in [4.78, 5) is 23.7. The van der Waals surface area contributed by atoms with Crippen LogP contribution >= 0.6 is 23.2 Å². The molecule has 2 aromatic rings. The molecular weight excluding hydrogens is 417 g/mol. The van der Waals surface area contributed by atoms with E-state index in [2.05, 4.69) is 15.6 Å². The Bertz CT molecular complexity index is 949. The second-order valence-corrected chi connectivity index (χ2v) is 7.74. The Hall–Kier alpha value is -2.33. The molecule has 0 fully saturated rings. The SMILES string of the molecule is COc1ccc(S(=O)(=O)NCC(=O)NNC(=O)c2cc(Cl)ccc2Cl)cc1. The predicted molar refractivity (Wildman–Crippen MR) is 100 cm³/mol. The summed E-state index contributed by atoms with van der Waals surface area (Å²) in [5.74, 6) is -0.985. The van der Waals surface area contributed by atoms with Crippen molar-refractivity contribution < 1.29 is 22.7 Å². The fourth-order valence-corrected chi connectivity index (χ4v) is 3.27. The number of ether oxygens (including phenoxy) is 1. The average Bonchev–Trinajstić information content (AvgIpc) is 2.66. The summed E-state index contributed by atoms with van der Waals surface area (Å²) < 4.78 is 31.3. The first-order chi connectivity index (χ1) is 12.7.